The number of ether oxygens (including phenoxy) is 3. The lowest BCUT2D eigenvalue weighted by Crippen LogP contribution is -2.48. The van der Waals surface area contributed by atoms with Crippen molar-refractivity contribution in [1.29, 1.82) is 0 Å². The van der Waals surface area contributed by atoms with Crippen molar-refractivity contribution in [3.63, 3.8) is 0 Å². The van der Waals surface area contributed by atoms with Crippen LogP contribution in [0.1, 0.15) is 47.5 Å². The van der Waals surface area contributed by atoms with Crippen molar-refractivity contribution < 1.29 is 27.4 Å². The summed E-state index contributed by atoms with van der Waals surface area (Å²) in [6.07, 6.45) is 1.21. The Kier molecular flexibility index (Phi) is 8.21. The minimum Gasteiger partial charge on any atom is -0.493 e. The Balaban J connectivity index is 2.17. The average molecular weight is 457 g/mol. The minimum atomic E-state index is -3.69. The lowest BCUT2D eigenvalue weighted by molar-refractivity contribution is 0.0138. The van der Waals surface area contributed by atoms with Crippen LogP contribution in [0.2, 0.25) is 0 Å². The SMILES string of the molecule is COc1ccc(S(=O)(=O)N2CCC[C@H](CN(C(=O)OC(C)(C)C)C(C)C)C2)cc1OC. The summed E-state index contributed by atoms with van der Waals surface area (Å²) < 4.78 is 44.0. The first-order chi connectivity index (χ1) is 14.4. The van der Waals surface area contributed by atoms with Gasteiger partial charge in [-0.1, -0.05) is 0 Å². The Morgan fingerprint density at radius 2 is 1.84 bits per heavy atom. The van der Waals surface area contributed by atoms with Gasteiger partial charge in [0.1, 0.15) is 5.60 Å². The van der Waals surface area contributed by atoms with Gasteiger partial charge in [-0.2, -0.15) is 4.31 Å². The smallest absolute Gasteiger partial charge is 0.410 e. The summed E-state index contributed by atoms with van der Waals surface area (Å²) in [4.78, 5) is 14.5. The fraction of sp³-hybridized carbons (Fsp3) is 0.682. The number of methoxy groups -OCH3 is 2. The fourth-order valence-corrected chi connectivity index (χ4v) is 5.19. The average Bonchev–Trinajstić information content (AvgIpc) is 2.70. The zero-order valence-electron chi connectivity index (χ0n) is 19.7. The standard InChI is InChI=1S/C22H36N2O6S/c1-16(2)24(21(25)30-22(3,4)5)15-17-9-8-12-23(14-17)31(26,27)18-10-11-19(28-6)20(13-18)29-7/h10-11,13,16-17H,8-9,12,14-15H2,1-7H3/t17-/m0/s1. The van der Waals surface area contributed by atoms with Crippen molar-refractivity contribution >= 4 is 16.1 Å². The van der Waals surface area contributed by atoms with E-state index >= 15 is 0 Å². The summed E-state index contributed by atoms with van der Waals surface area (Å²) in [7, 11) is -0.714. The molecular weight excluding hydrogens is 420 g/mol. The van der Waals surface area contributed by atoms with E-state index in [1.54, 1.807) is 11.0 Å². The molecule has 0 spiro atoms. The summed E-state index contributed by atoms with van der Waals surface area (Å²) in [5.74, 6) is 0.870. The van der Waals surface area contributed by atoms with Crippen LogP contribution < -0.4 is 9.47 Å². The molecule has 1 fully saturated rings. The van der Waals surface area contributed by atoms with Gasteiger partial charge in [0.05, 0.1) is 19.1 Å². The van der Waals surface area contributed by atoms with Gasteiger partial charge in [0, 0.05) is 31.7 Å². The van der Waals surface area contributed by atoms with E-state index in [4.69, 9.17) is 14.2 Å². The molecule has 1 aromatic rings. The van der Waals surface area contributed by atoms with Crippen molar-refractivity contribution in [1.82, 2.24) is 9.21 Å². The molecule has 0 bridgehead atoms. The van der Waals surface area contributed by atoms with Crippen LogP contribution in [0, 0.1) is 5.92 Å². The Morgan fingerprint density at radius 1 is 1.19 bits per heavy atom. The van der Waals surface area contributed by atoms with Crippen LogP contribution in [0.3, 0.4) is 0 Å². The van der Waals surface area contributed by atoms with Crippen LogP contribution in [0.4, 0.5) is 4.79 Å². The molecule has 1 aromatic carbocycles. The molecule has 0 aliphatic carbocycles. The van der Waals surface area contributed by atoms with Gasteiger partial charge in [-0.3, -0.25) is 0 Å². The first kappa shape index (κ1) is 25.3. The second-order valence-corrected chi connectivity index (χ2v) is 11.1. The summed E-state index contributed by atoms with van der Waals surface area (Å²) in [6.45, 7) is 10.6. The van der Waals surface area contributed by atoms with E-state index in [-0.39, 0.29) is 22.9 Å². The molecule has 1 aliphatic rings. The van der Waals surface area contributed by atoms with Gasteiger partial charge >= 0.3 is 6.09 Å². The number of rotatable bonds is 7. The normalized spacial score (nSPS) is 18.0. The van der Waals surface area contributed by atoms with Gasteiger partial charge in [0.15, 0.2) is 11.5 Å². The first-order valence-electron chi connectivity index (χ1n) is 10.6. The number of carbonyl (C=O) groups excluding carboxylic acids is 1. The molecule has 0 N–H and O–H groups in total. The zero-order valence-corrected chi connectivity index (χ0v) is 20.5. The summed E-state index contributed by atoms with van der Waals surface area (Å²) in [6, 6.07) is 4.56. The molecule has 0 saturated carbocycles. The number of amides is 1. The van der Waals surface area contributed by atoms with Gasteiger partial charge in [0.2, 0.25) is 10.0 Å². The maximum atomic E-state index is 13.3. The van der Waals surface area contributed by atoms with E-state index < -0.39 is 15.6 Å². The van der Waals surface area contributed by atoms with E-state index in [1.165, 1.54) is 30.7 Å². The molecule has 1 heterocycles. The third-order valence-electron chi connectivity index (χ3n) is 5.18. The predicted octanol–water partition coefficient (Wildman–Crippen LogP) is 3.75. The molecule has 0 radical (unpaired) electrons. The molecule has 2 rings (SSSR count). The van der Waals surface area contributed by atoms with E-state index in [9.17, 15) is 13.2 Å². The van der Waals surface area contributed by atoms with Crippen LogP contribution in [0.5, 0.6) is 11.5 Å². The summed E-state index contributed by atoms with van der Waals surface area (Å²) >= 11 is 0. The fourth-order valence-electron chi connectivity index (χ4n) is 3.62. The topological polar surface area (TPSA) is 85.4 Å². The van der Waals surface area contributed by atoms with Gasteiger partial charge in [-0.25, -0.2) is 13.2 Å². The molecule has 1 amide bonds. The highest BCUT2D eigenvalue weighted by Gasteiger charge is 2.34. The maximum absolute atomic E-state index is 13.3. The number of carbonyl (C=O) groups is 1. The van der Waals surface area contributed by atoms with Crippen molar-refractivity contribution in [3.05, 3.63) is 18.2 Å². The first-order valence-corrected chi connectivity index (χ1v) is 12.0. The summed E-state index contributed by atoms with van der Waals surface area (Å²) in [5.41, 5.74) is -0.584. The van der Waals surface area contributed by atoms with Crippen molar-refractivity contribution in [2.75, 3.05) is 33.9 Å². The van der Waals surface area contributed by atoms with Crippen molar-refractivity contribution in [2.24, 2.45) is 5.92 Å². The lowest BCUT2D eigenvalue weighted by Gasteiger charge is -2.37. The van der Waals surface area contributed by atoms with Crippen LogP contribution in [0.15, 0.2) is 23.1 Å². The van der Waals surface area contributed by atoms with E-state index in [0.29, 0.717) is 31.1 Å². The molecule has 0 unspecified atom stereocenters. The lowest BCUT2D eigenvalue weighted by atomic mass is 9.98. The third kappa shape index (κ3) is 6.49. The van der Waals surface area contributed by atoms with Crippen LogP contribution in [-0.4, -0.2) is 69.2 Å². The number of hydrogen-bond acceptors (Lipinski definition) is 6. The third-order valence-corrected chi connectivity index (χ3v) is 7.04. The van der Waals surface area contributed by atoms with Crippen LogP contribution in [0.25, 0.3) is 0 Å². The second-order valence-electron chi connectivity index (χ2n) is 9.11. The van der Waals surface area contributed by atoms with Gasteiger partial charge in [-0.15, -0.1) is 0 Å². The highest BCUT2D eigenvalue weighted by atomic mass is 32.2. The molecule has 9 heteroatoms. The number of sulfonamides is 1. The molecule has 176 valence electrons. The molecule has 1 atom stereocenters. The van der Waals surface area contributed by atoms with E-state index in [1.807, 2.05) is 34.6 Å². The Bertz CT molecular complexity index is 863. The number of nitrogens with zero attached hydrogens (tertiary/aromatic N) is 2. The Morgan fingerprint density at radius 3 is 2.39 bits per heavy atom. The van der Waals surface area contributed by atoms with E-state index in [2.05, 4.69) is 0 Å². The minimum absolute atomic E-state index is 0.0265. The zero-order chi connectivity index (χ0) is 23.4. The highest BCUT2D eigenvalue weighted by molar-refractivity contribution is 7.89. The maximum Gasteiger partial charge on any atom is 0.410 e. The Hall–Kier alpha value is -2.00. The monoisotopic (exact) mass is 456 g/mol. The van der Waals surface area contributed by atoms with Gasteiger partial charge in [-0.05, 0) is 65.5 Å². The van der Waals surface area contributed by atoms with Crippen molar-refractivity contribution in [2.45, 2.75) is 64.0 Å². The Labute approximate surface area is 186 Å². The van der Waals surface area contributed by atoms with Crippen molar-refractivity contribution in [3.8, 4) is 11.5 Å². The molecule has 1 saturated heterocycles. The largest absolute Gasteiger partial charge is 0.493 e. The quantitative estimate of drug-likeness (QED) is 0.621. The second kappa shape index (κ2) is 10.1. The number of hydrogen-bond donors (Lipinski definition) is 0. The molecule has 31 heavy (non-hydrogen) atoms. The van der Waals surface area contributed by atoms with Gasteiger partial charge < -0.3 is 19.1 Å². The predicted molar refractivity (Wildman–Crippen MR) is 119 cm³/mol. The highest BCUT2D eigenvalue weighted by Crippen LogP contribution is 2.32. The van der Waals surface area contributed by atoms with Crippen LogP contribution >= 0.6 is 0 Å². The summed E-state index contributed by atoms with van der Waals surface area (Å²) in [5, 5.41) is 0. The van der Waals surface area contributed by atoms with E-state index in [0.717, 1.165) is 12.8 Å². The molecule has 8 nitrogen and oxygen atoms in total. The number of benzene rings is 1. The van der Waals surface area contributed by atoms with Gasteiger partial charge in [0.25, 0.3) is 0 Å². The number of piperidine rings is 1. The molecule has 1 aliphatic heterocycles. The molecular formula is C22H36N2O6S. The molecule has 0 aromatic heterocycles. The van der Waals surface area contributed by atoms with Crippen LogP contribution in [-0.2, 0) is 14.8 Å².